The third kappa shape index (κ3) is 3.99. The molecule has 31 heavy (non-hydrogen) atoms. The number of hydrogen-bond donors (Lipinski definition) is 1. The van der Waals surface area contributed by atoms with Crippen LogP contribution in [0.15, 0.2) is 36.5 Å². The van der Waals surface area contributed by atoms with Gasteiger partial charge < -0.3 is 19.9 Å². The molecule has 5 rings (SSSR count). The Bertz CT molecular complexity index is 960. The number of aromatic nitrogens is 1. The highest BCUT2D eigenvalue weighted by Gasteiger charge is 2.33. The fraction of sp³-hybridized carbons (Fsp3) is 0.500. The molecular weight excluding hydrogens is 395 g/mol. The molecule has 7 heteroatoms. The monoisotopic (exact) mass is 424 g/mol. The molecular formula is C24H29FN4O2. The average Bonchev–Trinajstić information content (AvgIpc) is 3.17. The van der Waals surface area contributed by atoms with Crippen LogP contribution in [-0.4, -0.2) is 43.4 Å². The quantitative estimate of drug-likeness (QED) is 0.790. The van der Waals surface area contributed by atoms with Crippen molar-refractivity contribution in [1.82, 2.24) is 4.98 Å². The molecule has 1 N–H and O–H groups in total. The minimum atomic E-state index is -0.793. The van der Waals surface area contributed by atoms with Crippen LogP contribution in [0.25, 0.3) is 0 Å². The van der Waals surface area contributed by atoms with Crippen molar-refractivity contribution in [2.24, 2.45) is 5.92 Å². The number of carbonyl (C=O) groups excluding carboxylic acids is 1. The first-order chi connectivity index (χ1) is 15.1. The van der Waals surface area contributed by atoms with Crippen LogP contribution in [-0.2, 0) is 16.1 Å². The van der Waals surface area contributed by atoms with E-state index in [1.165, 1.54) is 0 Å². The summed E-state index contributed by atoms with van der Waals surface area (Å²) in [5.74, 6) is 0.916. The van der Waals surface area contributed by atoms with Crippen molar-refractivity contribution in [1.29, 1.82) is 0 Å². The Morgan fingerprint density at radius 3 is 2.77 bits per heavy atom. The number of rotatable bonds is 3. The van der Waals surface area contributed by atoms with Gasteiger partial charge in [0.15, 0.2) is 0 Å². The summed E-state index contributed by atoms with van der Waals surface area (Å²) in [6, 6.07) is 9.94. The zero-order valence-electron chi connectivity index (χ0n) is 17.9. The van der Waals surface area contributed by atoms with E-state index in [0.29, 0.717) is 26.1 Å². The van der Waals surface area contributed by atoms with E-state index in [1.54, 1.807) is 13.3 Å². The second-order valence-corrected chi connectivity index (χ2v) is 8.80. The van der Waals surface area contributed by atoms with E-state index in [4.69, 9.17) is 4.74 Å². The van der Waals surface area contributed by atoms with Gasteiger partial charge in [-0.3, -0.25) is 4.79 Å². The summed E-state index contributed by atoms with van der Waals surface area (Å²) in [6.45, 7) is 1.58. The Morgan fingerprint density at radius 1 is 1.19 bits per heavy atom. The molecule has 6 nitrogen and oxygen atoms in total. The number of benzene rings is 1. The molecule has 1 amide bonds. The van der Waals surface area contributed by atoms with Crippen molar-refractivity contribution in [3.63, 3.8) is 0 Å². The van der Waals surface area contributed by atoms with E-state index in [-0.39, 0.29) is 17.9 Å². The molecule has 2 fully saturated rings. The van der Waals surface area contributed by atoms with Gasteiger partial charge in [0.2, 0.25) is 5.91 Å². The van der Waals surface area contributed by atoms with E-state index in [2.05, 4.69) is 15.2 Å². The maximum atomic E-state index is 13.8. The first kappa shape index (κ1) is 20.2. The van der Waals surface area contributed by atoms with Gasteiger partial charge in [-0.15, -0.1) is 0 Å². The molecule has 1 aromatic heterocycles. The van der Waals surface area contributed by atoms with Crippen LogP contribution >= 0.6 is 0 Å². The minimum absolute atomic E-state index is 0.0110. The zero-order chi connectivity index (χ0) is 21.4. The molecule has 1 aliphatic carbocycles. The van der Waals surface area contributed by atoms with Gasteiger partial charge in [-0.2, -0.15) is 0 Å². The smallest absolute Gasteiger partial charge is 0.230 e. The number of pyridine rings is 1. The van der Waals surface area contributed by atoms with E-state index < -0.39 is 6.17 Å². The van der Waals surface area contributed by atoms with Crippen molar-refractivity contribution in [3.05, 3.63) is 42.1 Å². The number of methoxy groups -OCH3 is 1. The number of fused-ring (bicyclic) bond motifs is 2. The van der Waals surface area contributed by atoms with Crippen molar-refractivity contribution in [2.75, 3.05) is 35.3 Å². The number of nitrogens with one attached hydrogen (secondary N) is 1. The molecule has 2 aromatic rings. The molecule has 3 aliphatic rings. The third-order valence-corrected chi connectivity index (χ3v) is 6.86. The van der Waals surface area contributed by atoms with Crippen LogP contribution in [0.2, 0.25) is 0 Å². The Morgan fingerprint density at radius 2 is 2.03 bits per heavy atom. The Labute approximate surface area is 182 Å². The Hall–Kier alpha value is -2.67. The maximum absolute atomic E-state index is 13.8. The van der Waals surface area contributed by atoms with Gasteiger partial charge in [-0.25, -0.2) is 9.37 Å². The Balaban J connectivity index is 1.49. The molecule has 1 saturated carbocycles. The molecule has 1 atom stereocenters. The topological polar surface area (TPSA) is 57.7 Å². The summed E-state index contributed by atoms with van der Waals surface area (Å²) >= 11 is 0. The first-order valence-electron chi connectivity index (χ1n) is 11.2. The van der Waals surface area contributed by atoms with Crippen LogP contribution in [0.1, 0.15) is 37.7 Å². The van der Waals surface area contributed by atoms with Gasteiger partial charge in [-0.1, -0.05) is 6.07 Å². The van der Waals surface area contributed by atoms with Crippen molar-refractivity contribution < 1.29 is 13.9 Å². The van der Waals surface area contributed by atoms with E-state index >= 15 is 0 Å². The molecule has 0 spiro atoms. The zero-order valence-corrected chi connectivity index (χ0v) is 17.9. The summed E-state index contributed by atoms with van der Waals surface area (Å²) in [7, 11) is 1.75. The second kappa shape index (κ2) is 8.46. The molecule has 1 aromatic carbocycles. The lowest BCUT2D eigenvalue weighted by Gasteiger charge is -2.32. The van der Waals surface area contributed by atoms with Gasteiger partial charge in [0.1, 0.15) is 12.0 Å². The highest BCUT2D eigenvalue weighted by atomic mass is 19.1. The fourth-order valence-electron chi connectivity index (χ4n) is 5.02. The lowest BCUT2D eigenvalue weighted by molar-refractivity contribution is -0.124. The van der Waals surface area contributed by atoms with Gasteiger partial charge in [0, 0.05) is 43.6 Å². The molecule has 164 valence electrons. The highest BCUT2D eigenvalue weighted by molar-refractivity contribution is 6.00. The number of nitrogens with zero attached hydrogens (tertiary/aromatic N) is 3. The lowest BCUT2D eigenvalue weighted by Crippen LogP contribution is -2.38. The van der Waals surface area contributed by atoms with Crippen LogP contribution in [0.4, 0.5) is 27.3 Å². The van der Waals surface area contributed by atoms with Gasteiger partial charge in [-0.05, 0) is 56.4 Å². The Kier molecular flexibility index (Phi) is 5.52. The van der Waals surface area contributed by atoms with E-state index in [9.17, 15) is 9.18 Å². The number of halogens is 1. The number of amides is 1. The summed E-state index contributed by atoms with van der Waals surface area (Å²) in [5, 5.41) is 3.42. The molecule has 2 aliphatic heterocycles. The average molecular weight is 425 g/mol. The number of ether oxygens (including phenoxy) is 1. The standard InChI is InChI=1S/C24H29FN4O2/c1-31-20-7-4-16(5-8-20)24(30)29-14-17-3-2-11-26-23(17)27-21-9-6-19(13-22(21)29)28-12-10-18(25)15-28/h2-3,6,9,11,13,16,18,20H,4-5,7-8,10,12,14-15H2,1H3,(H,26,27)/t16?,18-,20?/m0/s1. The van der Waals surface area contributed by atoms with Crippen molar-refractivity contribution >= 4 is 28.8 Å². The van der Waals surface area contributed by atoms with Crippen LogP contribution in [0.5, 0.6) is 0 Å². The van der Waals surface area contributed by atoms with Crippen LogP contribution in [0, 0.1) is 5.92 Å². The number of carbonyl (C=O) groups is 1. The summed E-state index contributed by atoms with van der Waals surface area (Å²) < 4.78 is 19.3. The maximum Gasteiger partial charge on any atom is 0.230 e. The number of alkyl halides is 1. The van der Waals surface area contributed by atoms with E-state index in [0.717, 1.165) is 54.1 Å². The molecule has 0 unspecified atom stereocenters. The van der Waals surface area contributed by atoms with Gasteiger partial charge >= 0.3 is 0 Å². The number of anilines is 4. The SMILES string of the molecule is COC1CCC(C(=O)N2Cc3cccnc3Nc3ccc(N4CC[C@H](F)C4)cc32)CC1. The summed E-state index contributed by atoms with van der Waals surface area (Å²) in [6.07, 6.45) is 5.27. The highest BCUT2D eigenvalue weighted by Crippen LogP contribution is 2.40. The van der Waals surface area contributed by atoms with Crippen LogP contribution in [0.3, 0.4) is 0 Å². The van der Waals surface area contributed by atoms with Gasteiger partial charge in [0.05, 0.1) is 24.0 Å². The second-order valence-electron chi connectivity index (χ2n) is 8.80. The van der Waals surface area contributed by atoms with E-state index in [1.807, 2.05) is 35.2 Å². The molecule has 0 bridgehead atoms. The summed E-state index contributed by atoms with van der Waals surface area (Å²) in [4.78, 5) is 22.2. The summed E-state index contributed by atoms with van der Waals surface area (Å²) in [5.41, 5.74) is 3.65. The normalized spacial score (nSPS) is 25.4. The van der Waals surface area contributed by atoms with Gasteiger partial charge in [0.25, 0.3) is 0 Å². The predicted molar refractivity (Wildman–Crippen MR) is 120 cm³/mol. The molecule has 0 radical (unpaired) electrons. The minimum Gasteiger partial charge on any atom is -0.381 e. The van der Waals surface area contributed by atoms with Crippen LogP contribution < -0.4 is 15.1 Å². The third-order valence-electron chi connectivity index (χ3n) is 6.86. The van der Waals surface area contributed by atoms with Crippen molar-refractivity contribution in [2.45, 2.75) is 50.9 Å². The number of hydrogen-bond acceptors (Lipinski definition) is 5. The molecule has 3 heterocycles. The fourth-order valence-corrected chi connectivity index (χ4v) is 5.02. The predicted octanol–water partition coefficient (Wildman–Crippen LogP) is 4.43. The first-order valence-corrected chi connectivity index (χ1v) is 11.2. The largest absolute Gasteiger partial charge is 0.381 e. The van der Waals surface area contributed by atoms with Crippen molar-refractivity contribution in [3.8, 4) is 0 Å². The lowest BCUT2D eigenvalue weighted by atomic mass is 9.86. The molecule has 1 saturated heterocycles.